The minimum absolute atomic E-state index is 0.239. The third-order valence-corrected chi connectivity index (χ3v) is 7.50. The van der Waals surface area contributed by atoms with Gasteiger partial charge in [0, 0.05) is 0 Å². The van der Waals surface area contributed by atoms with Gasteiger partial charge in [-0.15, -0.1) is 0 Å². The Balaban J connectivity index is 2.38. The zero-order valence-electron chi connectivity index (χ0n) is 21.7. The minimum Gasteiger partial charge on any atom is -0.507 e. The molecular formula is C29H52O. The molecule has 0 heterocycles. The number of rotatable bonds is 12. The maximum Gasteiger partial charge on any atom is 0.121 e. The van der Waals surface area contributed by atoms with Crippen molar-refractivity contribution in [2.45, 2.75) is 132 Å². The SMILES string of the molecule is CC1=C/C(C)(CCCCCCCC(C)CCCC(C)C)CC/C(C)=C(C)/C(O)=C\1C. The molecule has 0 aromatic carbocycles. The Kier molecular flexibility index (Phi) is 12.1. The number of unbranched alkanes of at least 4 members (excludes halogenated alkanes) is 4. The van der Waals surface area contributed by atoms with E-state index in [1.54, 1.807) is 0 Å². The largest absolute Gasteiger partial charge is 0.507 e. The monoisotopic (exact) mass is 416 g/mol. The maximum absolute atomic E-state index is 10.6. The number of hydrogen-bond acceptors (Lipinski definition) is 1. The molecule has 0 amide bonds. The van der Waals surface area contributed by atoms with Gasteiger partial charge in [-0.3, -0.25) is 0 Å². The molecule has 2 atom stereocenters. The Hall–Kier alpha value is -0.980. The average Bonchev–Trinajstić information content (AvgIpc) is 2.70. The third kappa shape index (κ3) is 9.88. The second kappa shape index (κ2) is 13.4. The van der Waals surface area contributed by atoms with Crippen LogP contribution in [0.3, 0.4) is 0 Å². The molecule has 0 saturated carbocycles. The van der Waals surface area contributed by atoms with Crippen molar-refractivity contribution in [2.75, 3.05) is 0 Å². The van der Waals surface area contributed by atoms with E-state index in [2.05, 4.69) is 61.5 Å². The number of aliphatic hydroxyl groups excluding tert-OH is 1. The average molecular weight is 417 g/mol. The van der Waals surface area contributed by atoms with Crippen LogP contribution in [0.5, 0.6) is 0 Å². The summed E-state index contributed by atoms with van der Waals surface area (Å²) in [5, 5.41) is 10.6. The van der Waals surface area contributed by atoms with E-state index in [1.165, 1.54) is 81.8 Å². The molecule has 0 aromatic heterocycles. The number of hydrogen-bond donors (Lipinski definition) is 1. The van der Waals surface area contributed by atoms with E-state index >= 15 is 0 Å². The van der Waals surface area contributed by atoms with Crippen LogP contribution in [0.15, 0.2) is 34.1 Å². The standard InChI is InChI=1S/C29H52O/c1-22(2)15-14-17-23(3)16-12-10-9-11-13-19-29(8)20-18-24(4)26(6)28(30)27(7)25(5)21-29/h21-23,30H,9-20H2,1-8H3/b25-21-,26-24+,28-27+. The Morgan fingerprint density at radius 1 is 0.833 bits per heavy atom. The van der Waals surface area contributed by atoms with E-state index in [4.69, 9.17) is 0 Å². The summed E-state index contributed by atoms with van der Waals surface area (Å²) in [7, 11) is 0. The highest BCUT2D eigenvalue weighted by molar-refractivity contribution is 5.41. The highest BCUT2D eigenvalue weighted by Crippen LogP contribution is 2.38. The van der Waals surface area contributed by atoms with Crippen LogP contribution in [-0.4, -0.2) is 5.11 Å². The summed E-state index contributed by atoms with van der Waals surface area (Å²) >= 11 is 0. The second-order valence-electron chi connectivity index (χ2n) is 11.1. The van der Waals surface area contributed by atoms with Crippen LogP contribution < -0.4 is 0 Å². The highest BCUT2D eigenvalue weighted by Gasteiger charge is 2.24. The Morgan fingerprint density at radius 3 is 2.10 bits per heavy atom. The lowest BCUT2D eigenvalue weighted by Gasteiger charge is -2.27. The van der Waals surface area contributed by atoms with Crippen LogP contribution in [0.25, 0.3) is 0 Å². The summed E-state index contributed by atoms with van der Waals surface area (Å²) in [6, 6.07) is 0. The van der Waals surface area contributed by atoms with Crippen molar-refractivity contribution in [1.29, 1.82) is 0 Å². The summed E-state index contributed by atoms with van der Waals surface area (Å²) in [6.45, 7) is 18.0. The van der Waals surface area contributed by atoms with Gasteiger partial charge < -0.3 is 5.11 Å². The van der Waals surface area contributed by atoms with Crippen molar-refractivity contribution >= 4 is 0 Å². The quantitative estimate of drug-likeness (QED) is 0.314. The van der Waals surface area contributed by atoms with E-state index < -0.39 is 0 Å². The molecule has 1 rings (SSSR count). The molecule has 1 N–H and O–H groups in total. The van der Waals surface area contributed by atoms with E-state index in [-0.39, 0.29) is 5.41 Å². The predicted octanol–water partition coefficient (Wildman–Crippen LogP) is 10.1. The molecule has 1 aliphatic rings. The second-order valence-corrected chi connectivity index (χ2v) is 11.1. The lowest BCUT2D eigenvalue weighted by Crippen LogP contribution is -2.14. The van der Waals surface area contributed by atoms with Crippen LogP contribution in [-0.2, 0) is 0 Å². The van der Waals surface area contributed by atoms with Crippen LogP contribution in [0.4, 0.5) is 0 Å². The van der Waals surface area contributed by atoms with Crippen molar-refractivity contribution < 1.29 is 5.11 Å². The normalized spacial score (nSPS) is 28.6. The van der Waals surface area contributed by atoms with Crippen molar-refractivity contribution in [2.24, 2.45) is 17.3 Å². The molecule has 0 fully saturated rings. The van der Waals surface area contributed by atoms with Crippen molar-refractivity contribution in [3.8, 4) is 0 Å². The highest BCUT2D eigenvalue weighted by atomic mass is 16.3. The fourth-order valence-corrected chi connectivity index (χ4v) is 4.80. The molecule has 174 valence electrons. The van der Waals surface area contributed by atoms with E-state index in [9.17, 15) is 5.11 Å². The van der Waals surface area contributed by atoms with Gasteiger partial charge in [-0.25, -0.2) is 0 Å². The molecule has 2 unspecified atom stereocenters. The van der Waals surface area contributed by atoms with Crippen molar-refractivity contribution in [3.05, 3.63) is 34.1 Å². The molecule has 1 aliphatic carbocycles. The first kappa shape index (κ1) is 27.1. The Labute approximate surface area is 189 Å². The summed E-state index contributed by atoms with van der Waals surface area (Å²) in [5.41, 5.74) is 4.94. The van der Waals surface area contributed by atoms with Crippen molar-refractivity contribution in [1.82, 2.24) is 0 Å². The molecule has 1 heteroatoms. The fourth-order valence-electron chi connectivity index (χ4n) is 4.80. The van der Waals surface area contributed by atoms with Gasteiger partial charge in [0.05, 0.1) is 0 Å². The molecule has 0 spiro atoms. The molecule has 0 aromatic rings. The molecule has 1 nitrogen and oxygen atoms in total. The lowest BCUT2D eigenvalue weighted by molar-refractivity contribution is 0.339. The number of allylic oxidation sites excluding steroid dienone is 5. The zero-order valence-corrected chi connectivity index (χ0v) is 21.7. The first-order valence-corrected chi connectivity index (χ1v) is 12.8. The van der Waals surface area contributed by atoms with E-state index in [1.807, 2.05) is 0 Å². The van der Waals surface area contributed by atoms with Crippen LogP contribution in [0.1, 0.15) is 132 Å². The van der Waals surface area contributed by atoms with Gasteiger partial charge in [0.15, 0.2) is 0 Å². The van der Waals surface area contributed by atoms with Crippen LogP contribution >= 0.6 is 0 Å². The molecule has 0 saturated heterocycles. The topological polar surface area (TPSA) is 20.2 Å². The van der Waals surface area contributed by atoms with Gasteiger partial charge in [0.25, 0.3) is 0 Å². The zero-order chi connectivity index (χ0) is 22.7. The molecule has 0 bridgehead atoms. The van der Waals surface area contributed by atoms with Gasteiger partial charge in [-0.1, -0.05) is 97.1 Å². The molecule has 30 heavy (non-hydrogen) atoms. The summed E-state index contributed by atoms with van der Waals surface area (Å²) in [6.07, 6.45) is 18.5. The molecule has 0 aliphatic heterocycles. The third-order valence-electron chi connectivity index (χ3n) is 7.50. The molecular weight excluding hydrogens is 364 g/mol. The van der Waals surface area contributed by atoms with Crippen molar-refractivity contribution in [3.63, 3.8) is 0 Å². The van der Waals surface area contributed by atoms with Gasteiger partial charge in [0.2, 0.25) is 0 Å². The number of aliphatic hydroxyl groups is 1. The van der Waals surface area contributed by atoms with Gasteiger partial charge in [0.1, 0.15) is 5.76 Å². The Morgan fingerprint density at radius 2 is 1.43 bits per heavy atom. The van der Waals surface area contributed by atoms with Crippen LogP contribution in [0, 0.1) is 17.3 Å². The smallest absolute Gasteiger partial charge is 0.121 e. The van der Waals surface area contributed by atoms with Gasteiger partial charge in [-0.05, 0) is 80.9 Å². The maximum atomic E-state index is 10.6. The lowest BCUT2D eigenvalue weighted by atomic mass is 9.78. The Bertz CT molecular complexity index is 604. The predicted molar refractivity (Wildman–Crippen MR) is 135 cm³/mol. The van der Waals surface area contributed by atoms with Gasteiger partial charge in [-0.2, -0.15) is 0 Å². The summed E-state index contributed by atoms with van der Waals surface area (Å²) in [5.74, 6) is 2.25. The summed E-state index contributed by atoms with van der Waals surface area (Å²) in [4.78, 5) is 0. The van der Waals surface area contributed by atoms with E-state index in [0.717, 1.165) is 29.4 Å². The first-order valence-electron chi connectivity index (χ1n) is 12.8. The van der Waals surface area contributed by atoms with Crippen LogP contribution in [0.2, 0.25) is 0 Å². The minimum atomic E-state index is 0.239. The fraction of sp³-hybridized carbons (Fsp3) is 0.793. The molecule has 0 radical (unpaired) electrons. The first-order chi connectivity index (χ1) is 14.1. The van der Waals surface area contributed by atoms with Gasteiger partial charge >= 0.3 is 0 Å². The van der Waals surface area contributed by atoms with E-state index in [0.29, 0.717) is 5.76 Å². The summed E-state index contributed by atoms with van der Waals surface area (Å²) < 4.78 is 0.